The summed E-state index contributed by atoms with van der Waals surface area (Å²) in [5.41, 5.74) is 6.37. The second-order valence-corrected chi connectivity index (χ2v) is 13.4. The van der Waals surface area contributed by atoms with Gasteiger partial charge in [0.1, 0.15) is 6.04 Å². The molecule has 3 aromatic rings. The molecule has 43 heavy (non-hydrogen) atoms. The minimum absolute atomic E-state index is 0.283. The van der Waals surface area contributed by atoms with Gasteiger partial charge in [-0.3, -0.25) is 19.4 Å². The first kappa shape index (κ1) is 30.0. The molecule has 4 heterocycles. The van der Waals surface area contributed by atoms with Crippen molar-refractivity contribution < 1.29 is 9.90 Å². The first-order chi connectivity index (χ1) is 21.0. The molecule has 2 aromatic heterocycles. The number of aryl methyl sites for hydroxylation is 2. The van der Waals surface area contributed by atoms with Gasteiger partial charge in [-0.05, 0) is 87.7 Å². The highest BCUT2D eigenvalue weighted by Gasteiger charge is 2.43. The molecule has 0 spiro atoms. The quantitative estimate of drug-likeness (QED) is 0.310. The Morgan fingerprint density at radius 2 is 1.84 bits per heavy atom. The number of carboxylic acids is 1. The molecule has 1 saturated carbocycles. The Hall–Kier alpha value is -3.03. The Bertz CT molecular complexity index is 1340. The van der Waals surface area contributed by atoms with Gasteiger partial charge in [0.15, 0.2) is 0 Å². The summed E-state index contributed by atoms with van der Waals surface area (Å²) in [4.78, 5) is 21.9. The van der Waals surface area contributed by atoms with Gasteiger partial charge in [0.2, 0.25) is 0 Å². The van der Waals surface area contributed by atoms with Crippen LogP contribution in [0.15, 0.2) is 54.9 Å². The van der Waals surface area contributed by atoms with Crippen LogP contribution in [0.25, 0.3) is 0 Å². The summed E-state index contributed by atoms with van der Waals surface area (Å²) < 4.78 is 2.21. The maximum Gasteiger partial charge on any atom is 0.321 e. The number of carbonyl (C=O) groups is 1. The summed E-state index contributed by atoms with van der Waals surface area (Å²) in [5, 5.41) is 15.3. The number of pyridine rings is 1. The van der Waals surface area contributed by atoms with Crippen molar-refractivity contribution in [3.05, 3.63) is 82.9 Å². The van der Waals surface area contributed by atoms with Crippen LogP contribution in [-0.4, -0.2) is 74.4 Å². The summed E-state index contributed by atoms with van der Waals surface area (Å²) in [7, 11) is 0. The van der Waals surface area contributed by atoms with Crippen molar-refractivity contribution >= 4 is 5.97 Å². The van der Waals surface area contributed by atoms with E-state index >= 15 is 0 Å². The van der Waals surface area contributed by atoms with Crippen molar-refractivity contribution in [1.82, 2.24) is 24.6 Å². The van der Waals surface area contributed by atoms with Crippen molar-refractivity contribution in [2.45, 2.75) is 89.6 Å². The number of piperidine rings is 1. The number of benzene rings is 1. The maximum atomic E-state index is 12.6. The fraction of sp³-hybridized carbons (Fsp3) is 0.583. The van der Waals surface area contributed by atoms with E-state index < -0.39 is 5.97 Å². The third-order valence-electron chi connectivity index (χ3n) is 10.5. The zero-order valence-corrected chi connectivity index (χ0v) is 26.1. The highest BCUT2D eigenvalue weighted by Crippen LogP contribution is 2.39. The topological polar surface area (TPSA) is 74.5 Å². The first-order valence-electron chi connectivity index (χ1n) is 16.7. The number of aliphatic carboxylic acids is 1. The number of rotatable bonds is 10. The van der Waals surface area contributed by atoms with Crippen molar-refractivity contribution in [3.63, 3.8) is 0 Å². The Morgan fingerprint density at radius 1 is 1.02 bits per heavy atom. The van der Waals surface area contributed by atoms with E-state index in [2.05, 4.69) is 69.7 Å². The van der Waals surface area contributed by atoms with Crippen LogP contribution in [0, 0.1) is 18.8 Å². The Balaban J connectivity index is 1.13. The highest BCUT2D eigenvalue weighted by molar-refractivity contribution is 5.74. The first-order valence-corrected chi connectivity index (χ1v) is 16.7. The van der Waals surface area contributed by atoms with E-state index in [0.29, 0.717) is 17.8 Å². The van der Waals surface area contributed by atoms with Crippen LogP contribution in [0.4, 0.5) is 0 Å². The molecule has 2 aliphatic heterocycles. The standard InChI is InChI=1S/C36H49N5O2/c1-3-41-34(21-32(38-41)20-27-10-8-16-37-22-27)28-14-17-39(18-15-28)23-31-24-40(25-33(31)30-13-7-9-26(2)19-30)35(36(42)43)29-11-5-4-6-12-29/h7-10,13,16,19,21-22,28-29,31,33,35H,3-6,11-12,14-15,17-18,20,23-25H2,1-2H3,(H,42,43)/t31-,33+,35+/m0/s1. The van der Waals surface area contributed by atoms with Gasteiger partial charge in [-0.1, -0.05) is 55.2 Å². The second-order valence-electron chi connectivity index (χ2n) is 13.4. The molecule has 0 bridgehead atoms. The van der Waals surface area contributed by atoms with Crippen molar-refractivity contribution in [2.24, 2.45) is 11.8 Å². The molecular formula is C36H49N5O2. The molecule has 1 aromatic carbocycles. The molecule has 1 N–H and O–H groups in total. The van der Waals surface area contributed by atoms with Crippen LogP contribution in [-0.2, 0) is 17.8 Å². The Morgan fingerprint density at radius 3 is 2.53 bits per heavy atom. The van der Waals surface area contributed by atoms with Gasteiger partial charge in [-0.25, -0.2) is 0 Å². The van der Waals surface area contributed by atoms with Crippen molar-refractivity contribution in [3.8, 4) is 0 Å². The second kappa shape index (κ2) is 13.7. The zero-order valence-electron chi connectivity index (χ0n) is 26.1. The third-order valence-corrected chi connectivity index (χ3v) is 10.5. The molecule has 0 amide bonds. The van der Waals surface area contributed by atoms with Crippen LogP contribution in [0.2, 0.25) is 0 Å². The van der Waals surface area contributed by atoms with E-state index in [1.54, 1.807) is 0 Å². The van der Waals surface area contributed by atoms with Gasteiger partial charge >= 0.3 is 5.97 Å². The minimum Gasteiger partial charge on any atom is -0.480 e. The summed E-state index contributed by atoms with van der Waals surface area (Å²) in [6.45, 7) is 10.2. The van der Waals surface area contributed by atoms with Gasteiger partial charge in [-0.2, -0.15) is 5.10 Å². The zero-order chi connectivity index (χ0) is 29.8. The highest BCUT2D eigenvalue weighted by atomic mass is 16.4. The predicted molar refractivity (Wildman–Crippen MR) is 170 cm³/mol. The number of likely N-dealkylation sites (tertiary alicyclic amines) is 2. The molecule has 2 saturated heterocycles. The van der Waals surface area contributed by atoms with E-state index in [-0.39, 0.29) is 12.0 Å². The van der Waals surface area contributed by atoms with Gasteiger partial charge in [-0.15, -0.1) is 0 Å². The lowest BCUT2D eigenvalue weighted by Gasteiger charge is -2.35. The van der Waals surface area contributed by atoms with Crippen LogP contribution < -0.4 is 0 Å². The van der Waals surface area contributed by atoms with Crippen LogP contribution in [0.5, 0.6) is 0 Å². The fourth-order valence-corrected chi connectivity index (χ4v) is 8.31. The molecule has 230 valence electrons. The molecule has 7 nitrogen and oxygen atoms in total. The van der Waals surface area contributed by atoms with Gasteiger partial charge in [0.05, 0.1) is 5.69 Å². The number of aromatic nitrogens is 3. The Labute approximate surface area is 257 Å². The maximum absolute atomic E-state index is 12.6. The lowest BCUT2D eigenvalue weighted by Crippen LogP contribution is -2.46. The predicted octanol–water partition coefficient (Wildman–Crippen LogP) is 6.13. The normalized spacial score (nSPS) is 23.5. The van der Waals surface area contributed by atoms with E-state index in [1.165, 1.54) is 41.6 Å². The minimum atomic E-state index is -0.619. The smallest absolute Gasteiger partial charge is 0.321 e. The van der Waals surface area contributed by atoms with Crippen LogP contribution in [0.1, 0.15) is 91.8 Å². The number of hydrogen-bond donors (Lipinski definition) is 1. The lowest BCUT2D eigenvalue weighted by atomic mass is 9.83. The van der Waals surface area contributed by atoms with E-state index in [0.717, 1.165) is 77.1 Å². The Kier molecular flexibility index (Phi) is 9.58. The monoisotopic (exact) mass is 583 g/mol. The molecule has 0 unspecified atom stereocenters. The average molecular weight is 584 g/mol. The molecule has 1 aliphatic carbocycles. The average Bonchev–Trinajstić information content (AvgIpc) is 3.62. The number of hydrogen-bond acceptors (Lipinski definition) is 5. The molecule has 0 radical (unpaired) electrons. The SMILES string of the molecule is CCn1nc(Cc2cccnc2)cc1C1CCN(C[C@H]2CN([C@@H](C(=O)O)C3CCCCC3)C[C@@H]2c2cccc(C)c2)CC1. The summed E-state index contributed by atoms with van der Waals surface area (Å²) in [6.07, 6.45) is 12.6. The van der Waals surface area contributed by atoms with Gasteiger partial charge < -0.3 is 10.0 Å². The molecule has 3 atom stereocenters. The fourth-order valence-electron chi connectivity index (χ4n) is 8.31. The number of carboxylic acid groups (broad SMARTS) is 1. The molecule has 6 rings (SSSR count). The molecular weight excluding hydrogens is 534 g/mol. The largest absolute Gasteiger partial charge is 0.480 e. The van der Waals surface area contributed by atoms with Crippen molar-refractivity contribution in [2.75, 3.05) is 32.7 Å². The van der Waals surface area contributed by atoms with Gasteiger partial charge in [0, 0.05) is 62.5 Å². The lowest BCUT2D eigenvalue weighted by molar-refractivity contribution is -0.145. The third kappa shape index (κ3) is 7.04. The number of nitrogens with zero attached hydrogens (tertiary/aromatic N) is 5. The molecule has 7 heteroatoms. The van der Waals surface area contributed by atoms with E-state index in [4.69, 9.17) is 5.10 Å². The summed E-state index contributed by atoms with van der Waals surface area (Å²) >= 11 is 0. The van der Waals surface area contributed by atoms with Crippen LogP contribution >= 0.6 is 0 Å². The summed E-state index contributed by atoms with van der Waals surface area (Å²) in [6, 6.07) is 15.0. The van der Waals surface area contributed by atoms with E-state index in [1.807, 2.05) is 18.5 Å². The molecule has 3 fully saturated rings. The van der Waals surface area contributed by atoms with E-state index in [9.17, 15) is 9.90 Å². The van der Waals surface area contributed by atoms with Crippen LogP contribution in [0.3, 0.4) is 0 Å². The van der Waals surface area contributed by atoms with Gasteiger partial charge in [0.25, 0.3) is 0 Å². The summed E-state index contributed by atoms with van der Waals surface area (Å²) in [5.74, 6) is 1.01. The van der Waals surface area contributed by atoms with Crippen molar-refractivity contribution in [1.29, 1.82) is 0 Å². The molecule has 3 aliphatic rings.